The van der Waals surface area contributed by atoms with Crippen LogP contribution in [-0.4, -0.2) is 18.8 Å². The summed E-state index contributed by atoms with van der Waals surface area (Å²) in [5, 5.41) is 0. The van der Waals surface area contributed by atoms with Crippen molar-refractivity contribution < 1.29 is 0 Å². The van der Waals surface area contributed by atoms with Crippen LogP contribution in [0.25, 0.3) is 0 Å². The molecule has 0 aromatic carbocycles. The van der Waals surface area contributed by atoms with Crippen LogP contribution in [-0.2, 0) is 0 Å². The van der Waals surface area contributed by atoms with E-state index >= 15 is 0 Å². The van der Waals surface area contributed by atoms with Gasteiger partial charge < -0.3 is 5.73 Å². The molecular weight excluding hydrogens is 88.1 g/mol. The maximum Gasteiger partial charge on any atom is 0.0581 e. The van der Waals surface area contributed by atoms with E-state index in [1.54, 1.807) is 6.21 Å². The minimum Gasteiger partial charge on any atom is -0.320 e. The van der Waals surface area contributed by atoms with Crippen LogP contribution in [0, 0.1) is 0 Å². The minimum absolute atomic E-state index is 0.0637. The van der Waals surface area contributed by atoms with Crippen molar-refractivity contribution in [2.24, 2.45) is 10.7 Å². The third kappa shape index (κ3) is 1.12. The molecule has 0 radical (unpaired) electrons. The summed E-state index contributed by atoms with van der Waals surface area (Å²) < 4.78 is 0. The first-order valence-corrected chi connectivity index (χ1v) is 2.32. The van der Waals surface area contributed by atoms with Crippen LogP contribution in [0.5, 0.6) is 0 Å². The summed E-state index contributed by atoms with van der Waals surface area (Å²) in [6.45, 7) is 0.799. The van der Waals surface area contributed by atoms with Crippen molar-refractivity contribution in [2.75, 3.05) is 6.54 Å². The first-order chi connectivity index (χ1) is 3.39. The normalized spacial score (nSPS) is 28.4. The molecule has 0 spiro atoms. The Labute approximate surface area is 42.7 Å². The molecule has 2 heteroatoms. The Morgan fingerprint density at radius 1 is 1.71 bits per heavy atom. The van der Waals surface area contributed by atoms with E-state index in [1.165, 1.54) is 0 Å². The summed E-state index contributed by atoms with van der Waals surface area (Å²) in [6, 6.07) is 0.0637. The van der Waals surface area contributed by atoms with Crippen molar-refractivity contribution in [3.8, 4) is 0 Å². The van der Waals surface area contributed by atoms with Gasteiger partial charge in [0.25, 0.3) is 0 Å². The average molecular weight is 96.1 g/mol. The van der Waals surface area contributed by atoms with Gasteiger partial charge in [0.2, 0.25) is 0 Å². The van der Waals surface area contributed by atoms with E-state index in [2.05, 4.69) is 4.99 Å². The van der Waals surface area contributed by atoms with Crippen LogP contribution < -0.4 is 5.73 Å². The van der Waals surface area contributed by atoms with E-state index in [0.29, 0.717) is 0 Å². The van der Waals surface area contributed by atoms with Gasteiger partial charge in [-0.2, -0.15) is 0 Å². The van der Waals surface area contributed by atoms with Crippen LogP contribution in [0.2, 0.25) is 0 Å². The summed E-state index contributed by atoms with van der Waals surface area (Å²) in [4.78, 5) is 3.92. The fraction of sp³-hybridized carbons (Fsp3) is 0.400. The highest BCUT2D eigenvalue weighted by molar-refractivity contribution is 5.67. The van der Waals surface area contributed by atoms with Gasteiger partial charge in [0.05, 0.1) is 12.6 Å². The zero-order valence-corrected chi connectivity index (χ0v) is 4.04. The summed E-state index contributed by atoms with van der Waals surface area (Å²) in [5.74, 6) is 0. The van der Waals surface area contributed by atoms with Gasteiger partial charge in [0.15, 0.2) is 0 Å². The Morgan fingerprint density at radius 3 is 2.86 bits per heavy atom. The highest BCUT2D eigenvalue weighted by Gasteiger charge is 1.91. The Balaban J connectivity index is 2.49. The van der Waals surface area contributed by atoms with Gasteiger partial charge in [-0.1, -0.05) is 12.2 Å². The molecule has 1 rings (SSSR count). The summed E-state index contributed by atoms with van der Waals surface area (Å²) in [7, 11) is 0. The zero-order valence-electron chi connectivity index (χ0n) is 4.04. The van der Waals surface area contributed by atoms with Gasteiger partial charge in [-0.05, 0) is 0 Å². The van der Waals surface area contributed by atoms with E-state index in [1.807, 2.05) is 12.2 Å². The molecule has 0 aromatic heterocycles. The van der Waals surface area contributed by atoms with Gasteiger partial charge in [0.1, 0.15) is 0 Å². The molecule has 2 N–H and O–H groups in total. The Morgan fingerprint density at radius 2 is 2.57 bits per heavy atom. The predicted molar refractivity (Wildman–Crippen MR) is 30.5 cm³/mol. The highest BCUT2D eigenvalue weighted by Crippen LogP contribution is 1.85. The van der Waals surface area contributed by atoms with Crippen molar-refractivity contribution in [3.05, 3.63) is 12.2 Å². The standard InChI is InChI=1S/C5H8N2/c6-5-2-1-3-7-4-5/h1-2,4-5H,3,6H2. The summed E-state index contributed by atoms with van der Waals surface area (Å²) in [6.07, 6.45) is 5.65. The maximum absolute atomic E-state index is 5.40. The molecule has 0 saturated carbocycles. The molecule has 0 aliphatic carbocycles. The Bertz CT molecular complexity index is 92.6. The van der Waals surface area contributed by atoms with Crippen LogP contribution in [0.15, 0.2) is 17.1 Å². The fourth-order valence-electron chi connectivity index (χ4n) is 0.511. The second-order valence-corrected chi connectivity index (χ2v) is 1.52. The number of rotatable bonds is 0. The lowest BCUT2D eigenvalue weighted by Gasteiger charge is -1.99. The zero-order chi connectivity index (χ0) is 5.11. The highest BCUT2D eigenvalue weighted by atomic mass is 14.8. The smallest absolute Gasteiger partial charge is 0.0581 e. The lowest BCUT2D eigenvalue weighted by Crippen LogP contribution is -2.20. The average Bonchev–Trinajstić information content (AvgIpc) is 1.69. The molecule has 0 amide bonds. The second kappa shape index (κ2) is 1.89. The van der Waals surface area contributed by atoms with Gasteiger partial charge in [0, 0.05) is 6.21 Å². The Hall–Kier alpha value is -0.630. The lowest BCUT2D eigenvalue weighted by atomic mass is 10.3. The molecule has 7 heavy (non-hydrogen) atoms. The van der Waals surface area contributed by atoms with Crippen LogP contribution >= 0.6 is 0 Å². The molecule has 1 aliphatic rings. The van der Waals surface area contributed by atoms with Crippen molar-refractivity contribution in [3.63, 3.8) is 0 Å². The largest absolute Gasteiger partial charge is 0.320 e. The molecule has 0 saturated heterocycles. The molecule has 1 atom stereocenters. The second-order valence-electron chi connectivity index (χ2n) is 1.52. The molecule has 1 unspecified atom stereocenters. The molecule has 0 aromatic rings. The molecule has 0 bridgehead atoms. The molecule has 0 fully saturated rings. The quantitative estimate of drug-likeness (QED) is 0.422. The van der Waals surface area contributed by atoms with Gasteiger partial charge in [-0.25, -0.2) is 0 Å². The first kappa shape index (κ1) is 4.53. The molecule has 1 aliphatic heterocycles. The van der Waals surface area contributed by atoms with E-state index in [4.69, 9.17) is 5.73 Å². The van der Waals surface area contributed by atoms with Crippen molar-refractivity contribution in [2.45, 2.75) is 6.04 Å². The number of aliphatic imine (C=N–C) groups is 1. The van der Waals surface area contributed by atoms with Crippen LogP contribution in [0.3, 0.4) is 0 Å². The first-order valence-electron chi connectivity index (χ1n) is 2.32. The van der Waals surface area contributed by atoms with Crippen molar-refractivity contribution in [1.29, 1.82) is 0 Å². The van der Waals surface area contributed by atoms with E-state index in [9.17, 15) is 0 Å². The Kier molecular flexibility index (Phi) is 1.22. The lowest BCUT2D eigenvalue weighted by molar-refractivity contribution is 1.04. The van der Waals surface area contributed by atoms with E-state index in [-0.39, 0.29) is 6.04 Å². The van der Waals surface area contributed by atoms with Crippen LogP contribution in [0.4, 0.5) is 0 Å². The molecular formula is C5H8N2. The number of hydrogen-bond donors (Lipinski definition) is 1. The van der Waals surface area contributed by atoms with Gasteiger partial charge in [-0.3, -0.25) is 4.99 Å². The molecule has 38 valence electrons. The number of dihydropyridines is 1. The fourth-order valence-corrected chi connectivity index (χ4v) is 0.511. The van der Waals surface area contributed by atoms with Crippen molar-refractivity contribution in [1.82, 2.24) is 0 Å². The van der Waals surface area contributed by atoms with Gasteiger partial charge >= 0.3 is 0 Å². The van der Waals surface area contributed by atoms with E-state index in [0.717, 1.165) is 6.54 Å². The summed E-state index contributed by atoms with van der Waals surface area (Å²) in [5.41, 5.74) is 5.40. The SMILES string of the molecule is NC1C=CCN=C1. The molecule has 1 heterocycles. The number of nitrogens with zero attached hydrogens (tertiary/aromatic N) is 1. The topological polar surface area (TPSA) is 38.4 Å². The molecule has 2 nitrogen and oxygen atoms in total. The van der Waals surface area contributed by atoms with E-state index < -0.39 is 0 Å². The van der Waals surface area contributed by atoms with Crippen LogP contribution in [0.1, 0.15) is 0 Å². The summed E-state index contributed by atoms with van der Waals surface area (Å²) >= 11 is 0. The third-order valence-corrected chi connectivity index (χ3v) is 0.847. The number of nitrogens with two attached hydrogens (primary N) is 1. The predicted octanol–water partition coefficient (Wildman–Crippen LogP) is -0.0457. The van der Waals surface area contributed by atoms with Gasteiger partial charge in [-0.15, -0.1) is 0 Å². The minimum atomic E-state index is 0.0637. The monoisotopic (exact) mass is 96.1 g/mol. The third-order valence-electron chi connectivity index (χ3n) is 0.847. The number of hydrogen-bond acceptors (Lipinski definition) is 2. The maximum atomic E-state index is 5.40. The van der Waals surface area contributed by atoms with Crippen molar-refractivity contribution >= 4 is 6.21 Å².